The summed E-state index contributed by atoms with van der Waals surface area (Å²) in [6, 6.07) is 13.2. The smallest absolute Gasteiger partial charge is 0.131 e. The highest BCUT2D eigenvalue weighted by Gasteiger charge is 2.00. The van der Waals surface area contributed by atoms with Gasteiger partial charge in [-0.3, -0.25) is 0 Å². The Morgan fingerprint density at radius 2 is 1.79 bits per heavy atom. The molecule has 0 unspecified atom stereocenters. The first-order valence-corrected chi connectivity index (χ1v) is 4.62. The molecule has 2 nitrogen and oxygen atoms in total. The fourth-order valence-electron chi connectivity index (χ4n) is 1.27. The predicted molar refractivity (Wildman–Crippen MR) is 59.1 cm³/mol. The van der Waals surface area contributed by atoms with Crippen molar-refractivity contribution in [2.75, 3.05) is 5.73 Å². The highest BCUT2D eigenvalue weighted by Crippen LogP contribution is 2.21. The Morgan fingerprint density at radius 1 is 1.07 bits per heavy atom. The zero-order chi connectivity index (χ0) is 9.97. The van der Waals surface area contributed by atoms with Crippen LogP contribution in [0.1, 0.15) is 0 Å². The van der Waals surface area contributed by atoms with Crippen molar-refractivity contribution in [1.82, 2.24) is 4.98 Å². The van der Waals surface area contributed by atoms with Crippen LogP contribution in [0.25, 0.3) is 11.3 Å². The molecule has 0 aliphatic carbocycles. The fraction of sp³-hybridized carbons (Fsp3) is 0. The molecule has 0 atom stereocenters. The van der Waals surface area contributed by atoms with Crippen LogP contribution in [-0.2, 0) is 0 Å². The average Bonchev–Trinajstić information content (AvgIpc) is 2.18. The number of aromatic nitrogens is 1. The summed E-state index contributed by atoms with van der Waals surface area (Å²) in [6.07, 6.45) is 0. The van der Waals surface area contributed by atoms with Gasteiger partial charge in [0.25, 0.3) is 0 Å². The number of anilines is 1. The number of rotatable bonds is 1. The first-order chi connectivity index (χ1) is 6.75. The zero-order valence-corrected chi connectivity index (χ0v) is 8.20. The van der Waals surface area contributed by atoms with E-state index in [0.29, 0.717) is 10.8 Å². The van der Waals surface area contributed by atoms with Gasteiger partial charge in [-0.15, -0.1) is 0 Å². The topological polar surface area (TPSA) is 38.9 Å². The molecular weight excluding hydrogens is 196 g/mol. The van der Waals surface area contributed by atoms with Gasteiger partial charge >= 0.3 is 0 Å². The van der Waals surface area contributed by atoms with Gasteiger partial charge in [-0.1, -0.05) is 41.9 Å². The molecule has 0 aliphatic heterocycles. The summed E-state index contributed by atoms with van der Waals surface area (Å²) in [6.45, 7) is 0. The predicted octanol–water partition coefficient (Wildman–Crippen LogP) is 2.98. The van der Waals surface area contributed by atoms with E-state index in [9.17, 15) is 0 Å². The van der Waals surface area contributed by atoms with Gasteiger partial charge in [-0.25, -0.2) is 4.98 Å². The molecular formula is C11H9ClN2. The maximum absolute atomic E-state index is 5.81. The molecule has 14 heavy (non-hydrogen) atoms. The number of hydrogen-bond acceptors (Lipinski definition) is 2. The lowest BCUT2D eigenvalue weighted by atomic mass is 10.1. The molecule has 1 aromatic heterocycles. The Labute approximate surface area is 87.4 Å². The minimum absolute atomic E-state index is 0.420. The second-order valence-corrected chi connectivity index (χ2v) is 3.36. The molecule has 0 aliphatic rings. The van der Waals surface area contributed by atoms with Crippen LogP contribution in [0.4, 0.5) is 5.69 Å². The van der Waals surface area contributed by atoms with Gasteiger partial charge in [0.1, 0.15) is 5.15 Å². The van der Waals surface area contributed by atoms with Crippen LogP contribution >= 0.6 is 11.6 Å². The Bertz CT molecular complexity index is 420. The molecule has 0 radical (unpaired) electrons. The van der Waals surface area contributed by atoms with Crippen LogP contribution in [0.5, 0.6) is 0 Å². The number of pyridine rings is 1. The summed E-state index contributed by atoms with van der Waals surface area (Å²) in [5.74, 6) is 0. The van der Waals surface area contributed by atoms with E-state index >= 15 is 0 Å². The van der Waals surface area contributed by atoms with Crippen LogP contribution in [0, 0.1) is 0 Å². The van der Waals surface area contributed by atoms with Crippen molar-refractivity contribution >= 4 is 17.3 Å². The van der Waals surface area contributed by atoms with E-state index < -0.39 is 0 Å². The average molecular weight is 205 g/mol. The third-order valence-corrected chi connectivity index (χ3v) is 2.08. The Morgan fingerprint density at radius 3 is 2.43 bits per heavy atom. The molecule has 2 rings (SSSR count). The Balaban J connectivity index is 2.52. The molecule has 0 saturated heterocycles. The van der Waals surface area contributed by atoms with Crippen LogP contribution < -0.4 is 5.73 Å². The number of hydrogen-bond donors (Lipinski definition) is 1. The number of nitrogen functional groups attached to an aromatic ring is 1. The van der Waals surface area contributed by atoms with E-state index in [4.69, 9.17) is 17.3 Å². The van der Waals surface area contributed by atoms with Gasteiger partial charge in [0.2, 0.25) is 0 Å². The molecule has 1 aromatic carbocycles. The lowest BCUT2D eigenvalue weighted by Gasteiger charge is -2.02. The Hall–Kier alpha value is -1.54. The largest absolute Gasteiger partial charge is 0.399 e. The summed E-state index contributed by atoms with van der Waals surface area (Å²) in [5, 5.41) is 0.420. The van der Waals surface area contributed by atoms with Crippen molar-refractivity contribution in [1.29, 1.82) is 0 Å². The van der Waals surface area contributed by atoms with Crippen LogP contribution in [0.15, 0.2) is 42.5 Å². The standard InChI is InChI=1S/C11H9ClN2/c12-11-7-9(13)6-10(14-11)8-4-2-1-3-5-8/h1-7H,(H2,13,14). The molecule has 2 aromatic rings. The van der Waals surface area contributed by atoms with E-state index in [2.05, 4.69) is 4.98 Å². The first kappa shape index (κ1) is 9.03. The quantitative estimate of drug-likeness (QED) is 0.726. The van der Waals surface area contributed by atoms with Crippen molar-refractivity contribution in [2.24, 2.45) is 0 Å². The SMILES string of the molecule is Nc1cc(Cl)nc(-c2ccccc2)c1. The van der Waals surface area contributed by atoms with Gasteiger partial charge in [0.05, 0.1) is 5.69 Å². The Kier molecular flexibility index (Phi) is 2.37. The molecule has 3 heteroatoms. The maximum Gasteiger partial charge on any atom is 0.131 e. The molecule has 0 amide bonds. The van der Waals surface area contributed by atoms with E-state index in [1.807, 2.05) is 30.3 Å². The molecule has 0 spiro atoms. The van der Waals surface area contributed by atoms with Crippen molar-refractivity contribution in [3.63, 3.8) is 0 Å². The second kappa shape index (κ2) is 3.68. The van der Waals surface area contributed by atoms with Gasteiger partial charge in [-0.2, -0.15) is 0 Å². The summed E-state index contributed by atoms with van der Waals surface area (Å²) in [5.41, 5.74) is 8.12. The minimum Gasteiger partial charge on any atom is -0.399 e. The van der Waals surface area contributed by atoms with Gasteiger partial charge in [0.15, 0.2) is 0 Å². The monoisotopic (exact) mass is 204 g/mol. The molecule has 2 N–H and O–H groups in total. The molecule has 0 bridgehead atoms. The lowest BCUT2D eigenvalue weighted by Crippen LogP contribution is -1.89. The summed E-state index contributed by atoms with van der Waals surface area (Å²) in [7, 11) is 0. The van der Waals surface area contributed by atoms with Crippen LogP contribution in [0.2, 0.25) is 5.15 Å². The van der Waals surface area contributed by atoms with Crippen molar-refractivity contribution in [3.05, 3.63) is 47.6 Å². The molecule has 0 saturated carbocycles. The van der Waals surface area contributed by atoms with Gasteiger partial charge in [-0.05, 0) is 12.1 Å². The number of nitrogens with zero attached hydrogens (tertiary/aromatic N) is 1. The first-order valence-electron chi connectivity index (χ1n) is 4.24. The van der Waals surface area contributed by atoms with Crippen molar-refractivity contribution < 1.29 is 0 Å². The normalized spacial score (nSPS) is 10.1. The highest BCUT2D eigenvalue weighted by atomic mass is 35.5. The third-order valence-electron chi connectivity index (χ3n) is 1.89. The second-order valence-electron chi connectivity index (χ2n) is 2.97. The summed E-state index contributed by atoms with van der Waals surface area (Å²) in [4.78, 5) is 4.19. The van der Waals surface area contributed by atoms with Crippen LogP contribution in [-0.4, -0.2) is 4.98 Å². The van der Waals surface area contributed by atoms with E-state index in [0.717, 1.165) is 11.3 Å². The van der Waals surface area contributed by atoms with Crippen molar-refractivity contribution in [3.8, 4) is 11.3 Å². The molecule has 0 fully saturated rings. The van der Waals surface area contributed by atoms with E-state index in [-0.39, 0.29) is 0 Å². The highest BCUT2D eigenvalue weighted by molar-refractivity contribution is 6.29. The van der Waals surface area contributed by atoms with Crippen LogP contribution in [0.3, 0.4) is 0 Å². The van der Waals surface area contributed by atoms with E-state index in [1.54, 1.807) is 12.1 Å². The summed E-state index contributed by atoms with van der Waals surface area (Å²) >= 11 is 5.81. The molecule has 1 heterocycles. The number of benzene rings is 1. The van der Waals surface area contributed by atoms with Gasteiger partial charge < -0.3 is 5.73 Å². The maximum atomic E-state index is 5.81. The number of nitrogens with two attached hydrogens (primary N) is 1. The third kappa shape index (κ3) is 1.86. The minimum atomic E-state index is 0.420. The fourth-order valence-corrected chi connectivity index (χ4v) is 1.49. The zero-order valence-electron chi connectivity index (χ0n) is 7.44. The van der Waals surface area contributed by atoms with Crippen molar-refractivity contribution in [2.45, 2.75) is 0 Å². The lowest BCUT2D eigenvalue weighted by molar-refractivity contribution is 1.33. The van der Waals surface area contributed by atoms with Gasteiger partial charge in [0, 0.05) is 11.3 Å². The summed E-state index contributed by atoms with van der Waals surface area (Å²) < 4.78 is 0. The molecule has 70 valence electrons. The van der Waals surface area contributed by atoms with E-state index in [1.165, 1.54) is 0 Å². The number of halogens is 1.